The Morgan fingerprint density at radius 3 is 2.19 bits per heavy atom. The van der Waals surface area contributed by atoms with Crippen molar-refractivity contribution >= 4 is 78.4 Å². The first-order valence-electron chi connectivity index (χ1n) is 7.25. The highest BCUT2D eigenvalue weighted by Crippen LogP contribution is 2.24. The number of hydrogen-bond acceptors (Lipinski definition) is 6. The van der Waals surface area contributed by atoms with Crippen molar-refractivity contribution in [2.45, 2.75) is 13.3 Å². The van der Waals surface area contributed by atoms with E-state index in [-0.39, 0.29) is 16.5 Å². The largest absolute Gasteiger partial charge is 0.359 e. The second kappa shape index (κ2) is 11.9. The van der Waals surface area contributed by atoms with Gasteiger partial charge in [0.25, 0.3) is 0 Å². The van der Waals surface area contributed by atoms with Crippen molar-refractivity contribution in [1.29, 1.82) is 0 Å². The zero-order valence-electron chi connectivity index (χ0n) is 13.8. The Morgan fingerprint density at radius 1 is 1.12 bits per heavy atom. The van der Waals surface area contributed by atoms with Crippen LogP contribution in [0, 0.1) is 0 Å². The van der Waals surface area contributed by atoms with Gasteiger partial charge in [-0.3, -0.25) is 4.79 Å². The zero-order valence-corrected chi connectivity index (χ0v) is 19.2. The molecular weight excluding hydrogens is 534 g/mol. The fraction of sp³-hybridized carbons (Fsp3) is 0.357. The quantitative estimate of drug-likeness (QED) is 0.440. The fourth-order valence-corrected chi connectivity index (χ4v) is 2.73. The van der Waals surface area contributed by atoms with Gasteiger partial charge < -0.3 is 10.2 Å². The summed E-state index contributed by atoms with van der Waals surface area (Å²) in [5, 5.41) is 3.27. The minimum absolute atomic E-state index is 0.000254. The summed E-state index contributed by atoms with van der Waals surface area (Å²) in [6, 6.07) is 0. The van der Waals surface area contributed by atoms with Crippen LogP contribution in [0.2, 0.25) is 15.7 Å². The lowest BCUT2D eigenvalue weighted by molar-refractivity contribution is -0.120. The van der Waals surface area contributed by atoms with Crippen LogP contribution in [0.15, 0.2) is 21.3 Å². The van der Waals surface area contributed by atoms with Gasteiger partial charge in [-0.05, 0) is 62.0 Å². The maximum Gasteiger partial charge on any atom is 0.224 e. The molecule has 0 aliphatic rings. The van der Waals surface area contributed by atoms with Gasteiger partial charge in [0.05, 0.1) is 8.95 Å². The standard InChI is InChI=1S/C10H14BrClN4O.C4HBrCl2N2/c1-3-16(5-4-8(17)13-2)9-7(11)6-14-10(12)15-9;5-2-1-8-4(7)9-3(2)6/h6H,3-5H2,1-2H3,(H,13,17);1H. The zero-order chi connectivity index (χ0) is 19.7. The van der Waals surface area contributed by atoms with Crippen molar-refractivity contribution in [3.8, 4) is 0 Å². The van der Waals surface area contributed by atoms with Crippen molar-refractivity contribution < 1.29 is 4.79 Å². The van der Waals surface area contributed by atoms with Crippen molar-refractivity contribution in [1.82, 2.24) is 25.3 Å². The van der Waals surface area contributed by atoms with Gasteiger partial charge in [-0.1, -0.05) is 11.6 Å². The minimum atomic E-state index is -0.000254. The molecule has 0 saturated carbocycles. The maximum atomic E-state index is 11.2. The Bertz CT molecular complexity index is 753. The van der Waals surface area contributed by atoms with Gasteiger partial charge in [0.2, 0.25) is 16.5 Å². The summed E-state index contributed by atoms with van der Waals surface area (Å²) >= 11 is 23.2. The van der Waals surface area contributed by atoms with E-state index in [0.717, 1.165) is 11.0 Å². The van der Waals surface area contributed by atoms with Crippen LogP contribution < -0.4 is 10.2 Å². The molecule has 0 atom stereocenters. The van der Waals surface area contributed by atoms with Gasteiger partial charge in [0.1, 0.15) is 11.0 Å². The number of amides is 1. The third-order valence-corrected chi connectivity index (χ3v) is 4.96. The number of nitrogens with one attached hydrogen (secondary N) is 1. The molecule has 0 unspecified atom stereocenters. The van der Waals surface area contributed by atoms with Crippen LogP contribution in [0.3, 0.4) is 0 Å². The van der Waals surface area contributed by atoms with Gasteiger partial charge >= 0.3 is 0 Å². The molecule has 0 radical (unpaired) electrons. The molecule has 0 fully saturated rings. The molecule has 2 aromatic heterocycles. The molecule has 142 valence electrons. The Hall–Kier alpha value is -0.740. The summed E-state index contributed by atoms with van der Waals surface area (Å²) in [5.41, 5.74) is 0. The average Bonchev–Trinajstić information content (AvgIpc) is 2.62. The molecule has 2 heterocycles. The lowest BCUT2D eigenvalue weighted by atomic mass is 10.3. The van der Waals surface area contributed by atoms with Crippen molar-refractivity contribution in [2.75, 3.05) is 25.0 Å². The molecule has 2 rings (SSSR count). The Morgan fingerprint density at radius 2 is 1.69 bits per heavy atom. The number of carbonyl (C=O) groups is 1. The molecule has 0 bridgehead atoms. The normalized spacial score (nSPS) is 9.96. The number of nitrogens with zero attached hydrogens (tertiary/aromatic N) is 5. The molecule has 0 spiro atoms. The number of anilines is 1. The van der Waals surface area contributed by atoms with Crippen molar-refractivity contribution in [3.63, 3.8) is 0 Å². The smallest absolute Gasteiger partial charge is 0.224 e. The van der Waals surface area contributed by atoms with Crippen LogP contribution in [0.4, 0.5) is 5.82 Å². The average molecular weight is 549 g/mol. The lowest BCUT2D eigenvalue weighted by Gasteiger charge is -2.22. The molecular formula is C14H15Br2Cl3N6O. The molecule has 0 saturated heterocycles. The molecule has 0 aromatic carbocycles. The van der Waals surface area contributed by atoms with Crippen molar-refractivity contribution in [2.24, 2.45) is 0 Å². The molecule has 0 aliphatic carbocycles. The summed E-state index contributed by atoms with van der Waals surface area (Å²) < 4.78 is 1.41. The van der Waals surface area contributed by atoms with E-state index in [1.807, 2.05) is 11.8 Å². The van der Waals surface area contributed by atoms with E-state index in [9.17, 15) is 4.79 Å². The molecule has 2 aromatic rings. The molecule has 1 N–H and O–H groups in total. The van der Waals surface area contributed by atoms with Crippen LogP contribution in [0.25, 0.3) is 0 Å². The fourth-order valence-electron chi connectivity index (χ4n) is 1.66. The maximum absolute atomic E-state index is 11.2. The Balaban J connectivity index is 0.000000314. The number of carbonyl (C=O) groups excluding carboxylic acids is 1. The Kier molecular flexibility index (Phi) is 10.6. The summed E-state index contributed by atoms with van der Waals surface area (Å²) in [6.07, 6.45) is 3.52. The van der Waals surface area contributed by atoms with Gasteiger partial charge in [-0.2, -0.15) is 4.98 Å². The van der Waals surface area contributed by atoms with Gasteiger partial charge in [-0.25, -0.2) is 15.0 Å². The predicted octanol–water partition coefficient (Wildman–Crippen LogP) is 4.40. The van der Waals surface area contributed by atoms with Crippen LogP contribution in [0.1, 0.15) is 13.3 Å². The lowest BCUT2D eigenvalue weighted by Crippen LogP contribution is -2.30. The predicted molar refractivity (Wildman–Crippen MR) is 111 cm³/mol. The van der Waals surface area contributed by atoms with E-state index in [4.69, 9.17) is 34.8 Å². The van der Waals surface area contributed by atoms with Crippen LogP contribution in [-0.2, 0) is 4.79 Å². The van der Waals surface area contributed by atoms with Crippen LogP contribution in [-0.4, -0.2) is 46.0 Å². The summed E-state index contributed by atoms with van der Waals surface area (Å²) in [6.45, 7) is 3.32. The first kappa shape index (κ1) is 23.3. The monoisotopic (exact) mass is 546 g/mol. The second-order valence-corrected chi connectivity index (χ2v) is 7.33. The summed E-state index contributed by atoms with van der Waals surface area (Å²) in [4.78, 5) is 28.5. The SMILES string of the molecule is CCN(CCC(=O)NC)c1nc(Cl)ncc1Br.Clc1ncc(Br)c(Cl)n1. The number of aromatic nitrogens is 4. The first-order chi connectivity index (χ1) is 12.3. The molecule has 0 aliphatic heterocycles. The third kappa shape index (κ3) is 7.87. The van der Waals surface area contributed by atoms with Gasteiger partial charge in [0, 0.05) is 39.0 Å². The van der Waals surface area contributed by atoms with E-state index in [0.29, 0.717) is 28.4 Å². The summed E-state index contributed by atoms with van der Waals surface area (Å²) in [5.74, 6) is 0.705. The number of hydrogen-bond donors (Lipinski definition) is 1. The topological polar surface area (TPSA) is 83.9 Å². The van der Waals surface area contributed by atoms with E-state index in [1.54, 1.807) is 13.2 Å². The Labute approximate surface area is 183 Å². The van der Waals surface area contributed by atoms with Crippen LogP contribution in [0.5, 0.6) is 0 Å². The van der Waals surface area contributed by atoms with E-state index < -0.39 is 0 Å². The van der Waals surface area contributed by atoms with E-state index in [2.05, 4.69) is 57.1 Å². The highest BCUT2D eigenvalue weighted by molar-refractivity contribution is 9.11. The first-order valence-corrected chi connectivity index (χ1v) is 9.97. The van der Waals surface area contributed by atoms with Gasteiger partial charge in [-0.15, -0.1) is 0 Å². The molecule has 12 heteroatoms. The highest BCUT2D eigenvalue weighted by Gasteiger charge is 2.12. The minimum Gasteiger partial charge on any atom is -0.359 e. The van der Waals surface area contributed by atoms with Crippen molar-refractivity contribution in [3.05, 3.63) is 37.1 Å². The molecule has 7 nitrogen and oxygen atoms in total. The second-order valence-electron chi connectivity index (χ2n) is 4.59. The molecule has 26 heavy (non-hydrogen) atoms. The van der Waals surface area contributed by atoms with E-state index in [1.165, 1.54) is 6.20 Å². The number of rotatable bonds is 5. The highest BCUT2D eigenvalue weighted by atomic mass is 79.9. The number of halogens is 5. The van der Waals surface area contributed by atoms with Crippen LogP contribution >= 0.6 is 66.7 Å². The summed E-state index contributed by atoms with van der Waals surface area (Å²) in [7, 11) is 1.62. The van der Waals surface area contributed by atoms with E-state index >= 15 is 0 Å². The van der Waals surface area contributed by atoms with Gasteiger partial charge in [0.15, 0.2) is 0 Å². The molecule has 1 amide bonds. The third-order valence-electron chi connectivity index (χ3n) is 2.94.